The van der Waals surface area contributed by atoms with Crippen LogP contribution >= 0.6 is 27.3 Å². The molecule has 0 aliphatic carbocycles. The zero-order valence-corrected chi connectivity index (χ0v) is 13.7. The lowest BCUT2D eigenvalue weighted by Gasteiger charge is -2.16. The Morgan fingerprint density at radius 1 is 1.30 bits per heavy atom. The van der Waals surface area contributed by atoms with Gasteiger partial charge in [-0.2, -0.15) is 0 Å². The van der Waals surface area contributed by atoms with Crippen LogP contribution in [0.3, 0.4) is 0 Å². The molecule has 20 heavy (non-hydrogen) atoms. The number of hydrogen-bond donors (Lipinski definition) is 2. The summed E-state index contributed by atoms with van der Waals surface area (Å²) >= 11 is 5.09. The van der Waals surface area contributed by atoms with E-state index in [1.54, 1.807) is 11.3 Å². The van der Waals surface area contributed by atoms with Crippen molar-refractivity contribution in [1.29, 1.82) is 0 Å². The zero-order chi connectivity index (χ0) is 14.4. The number of rotatable bonds is 7. The third-order valence-corrected chi connectivity index (χ3v) is 4.47. The Hall–Kier alpha value is -0.880. The van der Waals surface area contributed by atoms with Crippen LogP contribution in [-0.4, -0.2) is 24.4 Å². The summed E-state index contributed by atoms with van der Waals surface area (Å²) < 4.78 is 6.55. The fraction of sp³-hybridized carbons (Fsp3) is 0.333. The van der Waals surface area contributed by atoms with E-state index in [4.69, 9.17) is 4.74 Å². The van der Waals surface area contributed by atoms with Crippen molar-refractivity contribution >= 4 is 27.3 Å². The van der Waals surface area contributed by atoms with Gasteiger partial charge in [0.15, 0.2) is 0 Å². The van der Waals surface area contributed by atoms with Gasteiger partial charge in [0.25, 0.3) is 0 Å². The van der Waals surface area contributed by atoms with Crippen LogP contribution in [0.1, 0.15) is 17.8 Å². The van der Waals surface area contributed by atoms with Gasteiger partial charge in [-0.3, -0.25) is 0 Å². The second-order valence-corrected chi connectivity index (χ2v) is 6.46. The Balaban J connectivity index is 1.70. The molecule has 0 amide bonds. The average Bonchev–Trinajstić information content (AvgIpc) is 2.98. The Bertz CT molecular complexity index is 501. The zero-order valence-electron chi connectivity index (χ0n) is 11.3. The fourth-order valence-corrected chi connectivity index (χ4v) is 2.76. The van der Waals surface area contributed by atoms with Crippen molar-refractivity contribution in [2.24, 2.45) is 0 Å². The molecule has 0 radical (unpaired) electrons. The Morgan fingerprint density at radius 3 is 2.70 bits per heavy atom. The minimum atomic E-state index is -0.527. The fourth-order valence-electron chi connectivity index (χ4n) is 1.73. The number of aliphatic hydroxyl groups is 1. The number of ether oxygens (including phenoxy) is 1. The van der Waals surface area contributed by atoms with Gasteiger partial charge in [0.1, 0.15) is 18.5 Å². The lowest BCUT2D eigenvalue weighted by Crippen LogP contribution is -2.32. The molecule has 0 bridgehead atoms. The van der Waals surface area contributed by atoms with Crippen molar-refractivity contribution < 1.29 is 9.84 Å². The van der Waals surface area contributed by atoms with Crippen molar-refractivity contribution in [2.45, 2.75) is 19.1 Å². The van der Waals surface area contributed by atoms with E-state index in [1.165, 1.54) is 4.88 Å². The molecule has 2 unspecified atom stereocenters. The molecular weight excluding hydrogens is 338 g/mol. The maximum atomic E-state index is 9.92. The predicted molar refractivity (Wildman–Crippen MR) is 86.4 cm³/mol. The van der Waals surface area contributed by atoms with Gasteiger partial charge in [0.05, 0.1) is 0 Å². The Labute approximate surface area is 131 Å². The van der Waals surface area contributed by atoms with Crippen LogP contribution < -0.4 is 10.1 Å². The van der Waals surface area contributed by atoms with E-state index < -0.39 is 6.10 Å². The molecule has 1 heterocycles. The van der Waals surface area contributed by atoms with Gasteiger partial charge in [0, 0.05) is 21.9 Å². The van der Waals surface area contributed by atoms with E-state index in [2.05, 4.69) is 39.6 Å². The minimum absolute atomic E-state index is 0.248. The van der Waals surface area contributed by atoms with E-state index in [0.717, 1.165) is 10.2 Å². The number of benzene rings is 1. The number of nitrogens with one attached hydrogen (secondary N) is 1. The Kier molecular flexibility index (Phi) is 6.04. The van der Waals surface area contributed by atoms with Crippen LogP contribution in [0.2, 0.25) is 0 Å². The van der Waals surface area contributed by atoms with E-state index in [0.29, 0.717) is 6.54 Å². The lowest BCUT2D eigenvalue weighted by atomic mass is 10.2. The molecule has 108 valence electrons. The van der Waals surface area contributed by atoms with E-state index in [-0.39, 0.29) is 12.6 Å². The van der Waals surface area contributed by atoms with Gasteiger partial charge < -0.3 is 15.2 Å². The van der Waals surface area contributed by atoms with Crippen LogP contribution in [0.25, 0.3) is 0 Å². The van der Waals surface area contributed by atoms with Gasteiger partial charge in [-0.15, -0.1) is 11.3 Å². The van der Waals surface area contributed by atoms with E-state index >= 15 is 0 Å². The largest absolute Gasteiger partial charge is 0.491 e. The number of hydrogen-bond acceptors (Lipinski definition) is 4. The van der Waals surface area contributed by atoms with Gasteiger partial charge in [-0.1, -0.05) is 22.0 Å². The minimum Gasteiger partial charge on any atom is -0.491 e. The molecule has 2 aromatic rings. The highest BCUT2D eigenvalue weighted by atomic mass is 79.9. The third kappa shape index (κ3) is 4.90. The highest BCUT2D eigenvalue weighted by Gasteiger charge is 2.10. The Morgan fingerprint density at radius 2 is 2.05 bits per heavy atom. The molecule has 0 saturated heterocycles. The van der Waals surface area contributed by atoms with Gasteiger partial charge >= 0.3 is 0 Å². The predicted octanol–water partition coefficient (Wildman–Crippen LogP) is 3.60. The molecule has 0 aliphatic heterocycles. The van der Waals surface area contributed by atoms with Crippen molar-refractivity contribution in [3.05, 3.63) is 51.1 Å². The monoisotopic (exact) mass is 355 g/mol. The molecule has 0 aliphatic rings. The van der Waals surface area contributed by atoms with Gasteiger partial charge in [-0.25, -0.2) is 0 Å². The first-order valence-electron chi connectivity index (χ1n) is 6.48. The van der Waals surface area contributed by atoms with E-state index in [1.807, 2.05) is 30.3 Å². The molecule has 2 rings (SSSR count). The van der Waals surface area contributed by atoms with Crippen LogP contribution in [0.4, 0.5) is 0 Å². The summed E-state index contributed by atoms with van der Waals surface area (Å²) in [6.45, 7) is 2.88. The summed E-state index contributed by atoms with van der Waals surface area (Å²) in [5.74, 6) is 0.763. The number of halogens is 1. The van der Waals surface area contributed by atoms with Crippen LogP contribution in [0.5, 0.6) is 5.75 Å². The van der Waals surface area contributed by atoms with Crippen molar-refractivity contribution in [3.63, 3.8) is 0 Å². The third-order valence-electron chi connectivity index (χ3n) is 2.89. The summed E-state index contributed by atoms with van der Waals surface area (Å²) in [5.41, 5.74) is 0. The first kappa shape index (κ1) is 15.5. The quantitative estimate of drug-likeness (QED) is 0.797. The molecular formula is C15H18BrNO2S. The molecule has 5 heteroatoms. The standard InChI is InChI=1S/C15H18BrNO2S/c1-11(15-3-2-8-20-15)17-9-13(18)10-19-14-6-4-12(16)5-7-14/h2-8,11,13,17-18H,9-10H2,1H3. The molecule has 0 spiro atoms. The van der Waals surface area contributed by atoms with Crippen molar-refractivity contribution in [3.8, 4) is 5.75 Å². The first-order chi connectivity index (χ1) is 9.65. The SMILES string of the molecule is CC(NCC(O)COc1ccc(Br)cc1)c1cccs1. The summed E-state index contributed by atoms with van der Waals surface area (Å²) in [5, 5.41) is 15.3. The normalized spacial score (nSPS) is 13.9. The number of thiophene rings is 1. The second-order valence-electron chi connectivity index (χ2n) is 4.56. The number of aliphatic hydroxyl groups excluding tert-OH is 1. The lowest BCUT2D eigenvalue weighted by molar-refractivity contribution is 0.104. The van der Waals surface area contributed by atoms with Crippen molar-refractivity contribution in [1.82, 2.24) is 5.32 Å². The van der Waals surface area contributed by atoms with Gasteiger partial charge in [0.2, 0.25) is 0 Å². The summed E-state index contributed by atoms with van der Waals surface area (Å²) in [6, 6.07) is 11.9. The van der Waals surface area contributed by atoms with Crippen LogP contribution in [-0.2, 0) is 0 Å². The maximum absolute atomic E-state index is 9.92. The highest BCUT2D eigenvalue weighted by Crippen LogP contribution is 2.18. The molecule has 3 nitrogen and oxygen atoms in total. The molecule has 0 fully saturated rings. The molecule has 1 aromatic carbocycles. The maximum Gasteiger partial charge on any atom is 0.119 e. The first-order valence-corrected chi connectivity index (χ1v) is 8.15. The summed E-state index contributed by atoms with van der Waals surface area (Å²) in [7, 11) is 0. The topological polar surface area (TPSA) is 41.5 Å². The molecule has 2 atom stereocenters. The average molecular weight is 356 g/mol. The van der Waals surface area contributed by atoms with E-state index in [9.17, 15) is 5.11 Å². The second kappa shape index (κ2) is 7.78. The van der Waals surface area contributed by atoms with Gasteiger partial charge in [-0.05, 0) is 42.6 Å². The molecule has 0 saturated carbocycles. The van der Waals surface area contributed by atoms with Crippen molar-refractivity contribution in [2.75, 3.05) is 13.2 Å². The van der Waals surface area contributed by atoms with Crippen LogP contribution in [0.15, 0.2) is 46.3 Å². The molecule has 1 aromatic heterocycles. The van der Waals surface area contributed by atoms with Crippen LogP contribution in [0, 0.1) is 0 Å². The smallest absolute Gasteiger partial charge is 0.119 e. The summed E-state index contributed by atoms with van der Waals surface area (Å²) in [4.78, 5) is 1.27. The highest BCUT2D eigenvalue weighted by molar-refractivity contribution is 9.10. The molecule has 2 N–H and O–H groups in total. The summed E-state index contributed by atoms with van der Waals surface area (Å²) in [6.07, 6.45) is -0.527.